The molecule has 0 spiro atoms. The zero-order valence-corrected chi connectivity index (χ0v) is 17.5. The van der Waals surface area contributed by atoms with Crippen LogP contribution in [0.5, 0.6) is 5.75 Å². The van der Waals surface area contributed by atoms with Crippen molar-refractivity contribution < 1.29 is 18.8 Å². The Hall–Kier alpha value is -3.13. The molecule has 0 aliphatic carbocycles. The maximum atomic E-state index is 12.2. The van der Waals surface area contributed by atoms with E-state index in [-0.39, 0.29) is 30.2 Å². The van der Waals surface area contributed by atoms with E-state index in [1.807, 2.05) is 26.0 Å². The number of ether oxygens (including phenoxy) is 1. The van der Waals surface area contributed by atoms with Crippen LogP contribution in [0.1, 0.15) is 40.5 Å². The maximum Gasteiger partial charge on any atom is 0.273 e. The molecule has 2 aromatic carbocycles. The number of benzene rings is 2. The van der Waals surface area contributed by atoms with Crippen LogP contribution in [0.2, 0.25) is 0 Å². The van der Waals surface area contributed by atoms with Crippen molar-refractivity contribution in [3.05, 3.63) is 76.1 Å². The molecule has 0 aliphatic rings. The number of nitrogens with zero attached hydrogens (tertiary/aromatic N) is 1. The molecule has 2 amide bonds. The van der Waals surface area contributed by atoms with Gasteiger partial charge in [0.15, 0.2) is 11.5 Å². The number of rotatable bonds is 7. The van der Waals surface area contributed by atoms with Gasteiger partial charge in [-0.1, -0.05) is 21.1 Å². The minimum absolute atomic E-state index is 0.0154. The van der Waals surface area contributed by atoms with E-state index in [0.29, 0.717) is 22.8 Å². The zero-order chi connectivity index (χ0) is 20.8. The smallest absolute Gasteiger partial charge is 0.273 e. The van der Waals surface area contributed by atoms with Crippen LogP contribution >= 0.6 is 15.9 Å². The summed E-state index contributed by atoms with van der Waals surface area (Å²) in [5.41, 5.74) is 1.43. The van der Waals surface area contributed by atoms with Crippen molar-refractivity contribution in [1.82, 2.24) is 10.5 Å². The molecule has 3 aromatic rings. The Morgan fingerprint density at radius 3 is 2.41 bits per heavy atom. The van der Waals surface area contributed by atoms with Crippen molar-refractivity contribution in [1.29, 1.82) is 0 Å². The third-order valence-electron chi connectivity index (χ3n) is 3.81. The fraction of sp³-hybridized carbons (Fsp3) is 0.190. The Kier molecular flexibility index (Phi) is 6.66. The Bertz CT molecular complexity index is 982. The van der Waals surface area contributed by atoms with Gasteiger partial charge in [-0.25, -0.2) is 0 Å². The summed E-state index contributed by atoms with van der Waals surface area (Å²) in [5, 5.41) is 9.32. The van der Waals surface area contributed by atoms with Crippen LogP contribution in [0.15, 0.2) is 63.6 Å². The molecule has 2 N–H and O–H groups in total. The van der Waals surface area contributed by atoms with Crippen LogP contribution in [-0.2, 0) is 6.61 Å². The summed E-state index contributed by atoms with van der Waals surface area (Å²) in [6.07, 6.45) is 0. The highest BCUT2D eigenvalue weighted by Gasteiger charge is 2.13. The predicted octanol–water partition coefficient (Wildman–Crippen LogP) is 4.41. The first-order chi connectivity index (χ1) is 13.9. The number of anilines is 1. The molecule has 0 saturated carbocycles. The molecule has 0 radical (unpaired) electrons. The Morgan fingerprint density at radius 2 is 1.76 bits per heavy atom. The first kappa shape index (κ1) is 20.6. The number of halogens is 1. The molecule has 7 nitrogen and oxygen atoms in total. The van der Waals surface area contributed by atoms with Gasteiger partial charge in [-0.3, -0.25) is 9.59 Å². The highest BCUT2D eigenvalue weighted by molar-refractivity contribution is 9.10. The number of carbonyl (C=O) groups excluding carboxylic acids is 2. The molecule has 1 aromatic heterocycles. The lowest BCUT2D eigenvalue weighted by Gasteiger charge is -2.07. The van der Waals surface area contributed by atoms with Gasteiger partial charge in [0.2, 0.25) is 0 Å². The van der Waals surface area contributed by atoms with E-state index in [1.54, 1.807) is 42.5 Å². The second kappa shape index (κ2) is 9.38. The van der Waals surface area contributed by atoms with Crippen molar-refractivity contribution in [3.8, 4) is 5.75 Å². The van der Waals surface area contributed by atoms with Crippen LogP contribution in [0, 0.1) is 0 Å². The monoisotopic (exact) mass is 457 g/mol. The number of amides is 2. The first-order valence-corrected chi connectivity index (χ1v) is 9.76. The van der Waals surface area contributed by atoms with E-state index >= 15 is 0 Å². The zero-order valence-electron chi connectivity index (χ0n) is 15.9. The number of carbonyl (C=O) groups is 2. The fourth-order valence-electron chi connectivity index (χ4n) is 2.42. The summed E-state index contributed by atoms with van der Waals surface area (Å²) in [4.78, 5) is 24.1. The van der Waals surface area contributed by atoms with E-state index in [2.05, 4.69) is 31.7 Å². The summed E-state index contributed by atoms with van der Waals surface area (Å²) in [6, 6.07) is 15.6. The van der Waals surface area contributed by atoms with Crippen LogP contribution in [-0.4, -0.2) is 23.0 Å². The third-order valence-corrected chi connectivity index (χ3v) is 4.34. The number of aromatic nitrogens is 1. The second-order valence-electron chi connectivity index (χ2n) is 6.58. The summed E-state index contributed by atoms with van der Waals surface area (Å²) in [7, 11) is 0. The highest BCUT2D eigenvalue weighted by atomic mass is 79.9. The SMILES string of the molecule is CC(C)NC(=O)c1cc(COc2ccc(NC(=O)c3ccc(Br)cc3)cc2)on1. The van der Waals surface area contributed by atoms with Crippen LogP contribution in [0.4, 0.5) is 5.69 Å². The van der Waals surface area contributed by atoms with E-state index in [4.69, 9.17) is 9.26 Å². The fourth-order valence-corrected chi connectivity index (χ4v) is 2.68. The molecule has 0 atom stereocenters. The van der Waals surface area contributed by atoms with E-state index in [9.17, 15) is 9.59 Å². The van der Waals surface area contributed by atoms with Gasteiger partial charge < -0.3 is 19.9 Å². The van der Waals surface area contributed by atoms with Crippen molar-refractivity contribution in [2.75, 3.05) is 5.32 Å². The van der Waals surface area contributed by atoms with Crippen molar-refractivity contribution >= 4 is 33.4 Å². The average Bonchev–Trinajstić information content (AvgIpc) is 3.17. The van der Waals surface area contributed by atoms with Gasteiger partial charge in [0.1, 0.15) is 12.4 Å². The Balaban J connectivity index is 1.53. The molecule has 8 heteroatoms. The largest absolute Gasteiger partial charge is 0.486 e. The topological polar surface area (TPSA) is 93.5 Å². The van der Waals surface area contributed by atoms with Crippen LogP contribution < -0.4 is 15.4 Å². The van der Waals surface area contributed by atoms with E-state index in [1.165, 1.54) is 0 Å². The van der Waals surface area contributed by atoms with Gasteiger partial charge in [-0.15, -0.1) is 0 Å². The van der Waals surface area contributed by atoms with E-state index in [0.717, 1.165) is 4.47 Å². The summed E-state index contributed by atoms with van der Waals surface area (Å²) >= 11 is 3.34. The molecule has 0 aliphatic heterocycles. The molecule has 0 bridgehead atoms. The van der Waals surface area contributed by atoms with Gasteiger partial charge in [0.25, 0.3) is 11.8 Å². The lowest BCUT2D eigenvalue weighted by Crippen LogP contribution is -2.30. The lowest BCUT2D eigenvalue weighted by atomic mass is 10.2. The molecule has 150 valence electrons. The average molecular weight is 458 g/mol. The van der Waals surface area contributed by atoms with Gasteiger partial charge in [0, 0.05) is 27.8 Å². The van der Waals surface area contributed by atoms with E-state index < -0.39 is 0 Å². The minimum atomic E-state index is -0.291. The summed E-state index contributed by atoms with van der Waals surface area (Å²) in [6.45, 7) is 3.87. The molecule has 0 fully saturated rings. The Morgan fingerprint density at radius 1 is 1.07 bits per heavy atom. The normalized spacial score (nSPS) is 10.6. The summed E-state index contributed by atoms with van der Waals surface area (Å²) in [5.74, 6) is 0.545. The summed E-state index contributed by atoms with van der Waals surface area (Å²) < 4.78 is 11.7. The van der Waals surface area contributed by atoms with Gasteiger partial charge in [0.05, 0.1) is 0 Å². The molecule has 1 heterocycles. The minimum Gasteiger partial charge on any atom is -0.486 e. The standard InChI is InChI=1S/C21H20BrN3O4/c1-13(2)23-21(27)19-11-18(29-25-19)12-28-17-9-7-16(8-10-17)24-20(26)14-3-5-15(22)6-4-14/h3-11,13H,12H2,1-2H3,(H,23,27)(H,24,26). The van der Waals surface area contributed by atoms with Gasteiger partial charge in [-0.2, -0.15) is 0 Å². The van der Waals surface area contributed by atoms with Crippen molar-refractivity contribution in [2.45, 2.75) is 26.5 Å². The second-order valence-corrected chi connectivity index (χ2v) is 7.50. The molecule has 0 unspecified atom stereocenters. The molecule has 0 saturated heterocycles. The first-order valence-electron chi connectivity index (χ1n) is 8.97. The number of hydrogen-bond donors (Lipinski definition) is 2. The molecular weight excluding hydrogens is 438 g/mol. The Labute approximate surface area is 176 Å². The molecule has 3 rings (SSSR count). The number of hydrogen-bond acceptors (Lipinski definition) is 5. The molecular formula is C21H20BrN3O4. The quantitative estimate of drug-likeness (QED) is 0.547. The van der Waals surface area contributed by atoms with Crippen LogP contribution in [0.25, 0.3) is 0 Å². The van der Waals surface area contributed by atoms with Gasteiger partial charge >= 0.3 is 0 Å². The predicted molar refractivity (Wildman–Crippen MR) is 112 cm³/mol. The molecule has 29 heavy (non-hydrogen) atoms. The maximum absolute atomic E-state index is 12.2. The van der Waals surface area contributed by atoms with Crippen LogP contribution in [0.3, 0.4) is 0 Å². The number of nitrogens with one attached hydrogen (secondary N) is 2. The lowest BCUT2D eigenvalue weighted by molar-refractivity contribution is 0.0933. The van der Waals surface area contributed by atoms with Gasteiger partial charge in [-0.05, 0) is 62.4 Å². The highest BCUT2D eigenvalue weighted by Crippen LogP contribution is 2.19. The van der Waals surface area contributed by atoms with Crippen molar-refractivity contribution in [2.24, 2.45) is 0 Å². The van der Waals surface area contributed by atoms with Crippen molar-refractivity contribution in [3.63, 3.8) is 0 Å². The third kappa shape index (κ3) is 5.92.